The molecular weight excluding hydrogens is 285 g/mol. The van der Waals surface area contributed by atoms with Gasteiger partial charge in [0.05, 0.1) is 16.1 Å². The minimum absolute atomic E-state index is 0.231. The summed E-state index contributed by atoms with van der Waals surface area (Å²) in [5, 5.41) is 3.00. The van der Waals surface area contributed by atoms with Crippen LogP contribution in [0.2, 0.25) is 10.0 Å². The molecule has 0 saturated heterocycles. The zero-order chi connectivity index (χ0) is 13.0. The average molecular weight is 292 g/mol. The van der Waals surface area contributed by atoms with Crippen molar-refractivity contribution in [3.8, 4) is 11.5 Å². The fourth-order valence-corrected chi connectivity index (χ4v) is 2.73. The first-order valence-corrected chi connectivity index (χ1v) is 6.46. The molecule has 94 valence electrons. The summed E-state index contributed by atoms with van der Waals surface area (Å²) in [6.07, 6.45) is 0. The highest BCUT2D eigenvalue weighted by Crippen LogP contribution is 2.40. The van der Waals surface area contributed by atoms with Gasteiger partial charge >= 0.3 is 0 Å². The van der Waals surface area contributed by atoms with Gasteiger partial charge in [-0.05, 0) is 24.3 Å². The van der Waals surface area contributed by atoms with Crippen molar-refractivity contribution in [3.63, 3.8) is 0 Å². The van der Waals surface area contributed by atoms with E-state index in [4.69, 9.17) is 32.7 Å². The van der Waals surface area contributed by atoms with E-state index in [-0.39, 0.29) is 6.79 Å². The van der Waals surface area contributed by atoms with Crippen LogP contribution in [0.1, 0.15) is 0 Å². The molecule has 1 aromatic heterocycles. The first kappa shape index (κ1) is 11.1. The van der Waals surface area contributed by atoms with Gasteiger partial charge in [0.25, 0.3) is 0 Å². The molecular formula is C14H7Cl2NO2. The van der Waals surface area contributed by atoms with Gasteiger partial charge < -0.3 is 9.47 Å². The quantitative estimate of drug-likeness (QED) is 0.575. The summed E-state index contributed by atoms with van der Waals surface area (Å²) in [6, 6.07) is 9.17. The van der Waals surface area contributed by atoms with Gasteiger partial charge in [0, 0.05) is 21.9 Å². The van der Waals surface area contributed by atoms with Crippen LogP contribution in [-0.4, -0.2) is 11.8 Å². The Morgan fingerprint density at radius 1 is 0.895 bits per heavy atom. The van der Waals surface area contributed by atoms with Gasteiger partial charge in [0.15, 0.2) is 11.5 Å². The van der Waals surface area contributed by atoms with E-state index in [9.17, 15) is 0 Å². The summed E-state index contributed by atoms with van der Waals surface area (Å²) in [5.74, 6) is 1.39. The minimum atomic E-state index is 0.231. The van der Waals surface area contributed by atoms with Gasteiger partial charge in [0.2, 0.25) is 6.79 Å². The molecule has 1 aliphatic rings. The molecule has 5 heteroatoms. The Morgan fingerprint density at radius 2 is 1.63 bits per heavy atom. The van der Waals surface area contributed by atoms with Gasteiger partial charge in [-0.1, -0.05) is 23.2 Å². The average Bonchev–Trinajstić information content (AvgIpc) is 2.84. The summed E-state index contributed by atoms with van der Waals surface area (Å²) in [5.41, 5.74) is 1.54. The zero-order valence-electron chi connectivity index (χ0n) is 9.61. The van der Waals surface area contributed by atoms with Crippen LogP contribution >= 0.6 is 23.2 Å². The van der Waals surface area contributed by atoms with E-state index >= 15 is 0 Å². The van der Waals surface area contributed by atoms with Crippen LogP contribution in [-0.2, 0) is 0 Å². The summed E-state index contributed by atoms with van der Waals surface area (Å²) in [6.45, 7) is 0.231. The molecule has 1 aliphatic heterocycles. The Labute approximate surface area is 118 Å². The number of nitrogens with zero attached hydrogens (tertiary/aromatic N) is 1. The number of aromatic nitrogens is 1. The number of benzene rings is 2. The van der Waals surface area contributed by atoms with Crippen LogP contribution in [0.15, 0.2) is 30.3 Å². The van der Waals surface area contributed by atoms with Gasteiger partial charge in [-0.2, -0.15) is 0 Å². The van der Waals surface area contributed by atoms with Crippen LogP contribution in [0.4, 0.5) is 0 Å². The van der Waals surface area contributed by atoms with Crippen molar-refractivity contribution in [1.82, 2.24) is 4.98 Å². The predicted molar refractivity (Wildman–Crippen MR) is 75.4 cm³/mol. The number of fused-ring (bicyclic) bond motifs is 3. The highest BCUT2D eigenvalue weighted by Gasteiger charge is 2.17. The zero-order valence-corrected chi connectivity index (χ0v) is 11.1. The number of pyridine rings is 1. The highest BCUT2D eigenvalue weighted by molar-refractivity contribution is 6.40. The SMILES string of the molecule is Clc1ccc2c(Cl)c3cc4c(cc3nc2c1)OCO4. The van der Waals surface area contributed by atoms with Gasteiger partial charge in [-0.15, -0.1) is 0 Å². The molecule has 3 nitrogen and oxygen atoms in total. The van der Waals surface area contributed by atoms with Crippen LogP contribution in [0.5, 0.6) is 11.5 Å². The Morgan fingerprint density at radius 3 is 2.47 bits per heavy atom. The van der Waals surface area contributed by atoms with Crippen molar-refractivity contribution in [2.75, 3.05) is 6.79 Å². The molecule has 0 bridgehead atoms. The molecule has 0 saturated carbocycles. The van der Waals surface area contributed by atoms with Crippen molar-refractivity contribution < 1.29 is 9.47 Å². The Bertz CT molecular complexity index is 833. The molecule has 0 amide bonds. The third-order valence-corrected chi connectivity index (χ3v) is 3.81. The van der Waals surface area contributed by atoms with Gasteiger partial charge in [-0.3, -0.25) is 0 Å². The molecule has 4 rings (SSSR count). The van der Waals surface area contributed by atoms with E-state index in [0.717, 1.165) is 21.8 Å². The van der Waals surface area contributed by atoms with Gasteiger partial charge in [-0.25, -0.2) is 4.98 Å². The molecule has 19 heavy (non-hydrogen) atoms. The molecule has 0 spiro atoms. The molecule has 0 atom stereocenters. The molecule has 0 fully saturated rings. The topological polar surface area (TPSA) is 31.4 Å². The molecule has 2 aromatic carbocycles. The largest absolute Gasteiger partial charge is 0.454 e. The van der Waals surface area contributed by atoms with Crippen LogP contribution in [0.3, 0.4) is 0 Å². The second-order valence-corrected chi connectivity index (χ2v) is 5.12. The summed E-state index contributed by atoms with van der Waals surface area (Å²) in [4.78, 5) is 4.57. The lowest BCUT2D eigenvalue weighted by Crippen LogP contribution is -1.92. The molecule has 0 radical (unpaired) electrons. The standard InChI is InChI=1S/C14H7Cl2NO2/c15-7-1-2-8-10(3-7)17-11-5-13-12(18-6-19-13)4-9(11)14(8)16/h1-5H,6H2. The summed E-state index contributed by atoms with van der Waals surface area (Å²) in [7, 11) is 0. The summed E-state index contributed by atoms with van der Waals surface area (Å²) < 4.78 is 10.7. The first-order valence-electron chi connectivity index (χ1n) is 5.70. The molecule has 0 unspecified atom stereocenters. The van der Waals surface area contributed by atoms with Crippen LogP contribution in [0.25, 0.3) is 21.8 Å². The van der Waals surface area contributed by atoms with Crippen LogP contribution in [0, 0.1) is 0 Å². The number of rotatable bonds is 0. The predicted octanol–water partition coefficient (Wildman–Crippen LogP) is 4.42. The number of halogens is 2. The second kappa shape index (κ2) is 3.89. The Balaban J connectivity index is 2.15. The van der Waals surface area contributed by atoms with E-state index < -0.39 is 0 Å². The lowest BCUT2D eigenvalue weighted by molar-refractivity contribution is 0.174. The van der Waals surface area contributed by atoms with E-state index in [2.05, 4.69) is 4.98 Å². The molecule has 0 aliphatic carbocycles. The van der Waals surface area contributed by atoms with E-state index in [0.29, 0.717) is 21.5 Å². The number of hydrogen-bond acceptors (Lipinski definition) is 3. The van der Waals surface area contributed by atoms with Crippen molar-refractivity contribution in [2.45, 2.75) is 0 Å². The highest BCUT2D eigenvalue weighted by atomic mass is 35.5. The Hall–Kier alpha value is -1.71. The van der Waals surface area contributed by atoms with Crippen molar-refractivity contribution in [3.05, 3.63) is 40.4 Å². The fraction of sp³-hybridized carbons (Fsp3) is 0.0714. The Kier molecular flexibility index (Phi) is 2.28. The first-order chi connectivity index (χ1) is 9.22. The van der Waals surface area contributed by atoms with E-state index in [1.54, 1.807) is 12.1 Å². The smallest absolute Gasteiger partial charge is 0.231 e. The minimum Gasteiger partial charge on any atom is -0.454 e. The maximum atomic E-state index is 6.45. The lowest BCUT2D eigenvalue weighted by Gasteiger charge is -2.06. The third kappa shape index (κ3) is 1.62. The summed E-state index contributed by atoms with van der Waals surface area (Å²) >= 11 is 12.4. The van der Waals surface area contributed by atoms with E-state index in [1.807, 2.05) is 18.2 Å². The number of hydrogen-bond donors (Lipinski definition) is 0. The van der Waals surface area contributed by atoms with Crippen molar-refractivity contribution in [2.24, 2.45) is 0 Å². The second-order valence-electron chi connectivity index (χ2n) is 4.31. The molecule has 0 N–H and O–H groups in total. The monoisotopic (exact) mass is 291 g/mol. The third-order valence-electron chi connectivity index (χ3n) is 3.16. The normalized spacial score (nSPS) is 13.4. The van der Waals surface area contributed by atoms with Gasteiger partial charge in [0.1, 0.15) is 0 Å². The van der Waals surface area contributed by atoms with Crippen LogP contribution < -0.4 is 9.47 Å². The van der Waals surface area contributed by atoms with Crippen molar-refractivity contribution in [1.29, 1.82) is 0 Å². The fourth-order valence-electron chi connectivity index (χ4n) is 2.26. The molecule has 2 heterocycles. The maximum absolute atomic E-state index is 6.45. The lowest BCUT2D eigenvalue weighted by atomic mass is 10.1. The molecule has 3 aromatic rings. The van der Waals surface area contributed by atoms with Crippen molar-refractivity contribution >= 4 is 45.0 Å². The maximum Gasteiger partial charge on any atom is 0.231 e. The number of ether oxygens (including phenoxy) is 2. The van der Waals surface area contributed by atoms with E-state index in [1.165, 1.54) is 0 Å².